The van der Waals surface area contributed by atoms with Gasteiger partial charge in [-0.1, -0.05) is 6.92 Å². The van der Waals surface area contributed by atoms with Crippen molar-refractivity contribution in [2.24, 2.45) is 5.73 Å². The van der Waals surface area contributed by atoms with E-state index in [0.29, 0.717) is 5.25 Å². The van der Waals surface area contributed by atoms with Crippen molar-refractivity contribution in [3.63, 3.8) is 0 Å². The van der Waals surface area contributed by atoms with Gasteiger partial charge in [-0.3, -0.25) is 0 Å². The van der Waals surface area contributed by atoms with Gasteiger partial charge in [-0.05, 0) is 25.0 Å². The summed E-state index contributed by atoms with van der Waals surface area (Å²) in [5.74, 6) is 1.28. The molecular formula is C9H19NOS. The third kappa shape index (κ3) is 3.33. The van der Waals surface area contributed by atoms with E-state index in [1.165, 1.54) is 18.6 Å². The Labute approximate surface area is 79.2 Å². The predicted octanol–water partition coefficient (Wildman–Crippen LogP) is 1.64. The van der Waals surface area contributed by atoms with Crippen LogP contribution < -0.4 is 5.73 Å². The highest BCUT2D eigenvalue weighted by molar-refractivity contribution is 8.00. The van der Waals surface area contributed by atoms with Crippen LogP contribution in [0.15, 0.2) is 0 Å². The van der Waals surface area contributed by atoms with Gasteiger partial charge in [-0.2, -0.15) is 11.8 Å². The minimum atomic E-state index is 0.254. The number of ether oxygens (including phenoxy) is 1. The first-order chi connectivity index (χ1) is 5.84. The molecule has 0 aromatic heterocycles. The van der Waals surface area contributed by atoms with E-state index in [-0.39, 0.29) is 6.04 Å². The third-order valence-corrected chi connectivity index (χ3v) is 3.64. The molecule has 0 aromatic rings. The normalized spacial score (nSPS) is 26.0. The Bertz CT molecular complexity index is 115. The van der Waals surface area contributed by atoms with Gasteiger partial charge in [0.15, 0.2) is 0 Å². The second-order valence-electron chi connectivity index (χ2n) is 3.29. The van der Waals surface area contributed by atoms with Gasteiger partial charge in [0.25, 0.3) is 0 Å². The fraction of sp³-hybridized carbons (Fsp3) is 1.00. The predicted molar refractivity (Wildman–Crippen MR) is 54.6 cm³/mol. The first-order valence-electron chi connectivity index (χ1n) is 4.79. The Morgan fingerprint density at radius 1 is 1.67 bits per heavy atom. The molecule has 0 bridgehead atoms. The monoisotopic (exact) mass is 189 g/mol. The van der Waals surface area contributed by atoms with E-state index in [1.807, 2.05) is 11.8 Å². The van der Waals surface area contributed by atoms with E-state index in [4.69, 9.17) is 10.5 Å². The molecule has 0 aromatic carbocycles. The first-order valence-corrected chi connectivity index (χ1v) is 5.84. The second-order valence-corrected chi connectivity index (χ2v) is 4.64. The molecule has 1 aliphatic rings. The van der Waals surface area contributed by atoms with E-state index in [9.17, 15) is 0 Å². The molecule has 1 aliphatic heterocycles. The van der Waals surface area contributed by atoms with Crippen LogP contribution in [0.25, 0.3) is 0 Å². The molecule has 0 saturated carbocycles. The van der Waals surface area contributed by atoms with Gasteiger partial charge in [-0.25, -0.2) is 0 Å². The van der Waals surface area contributed by atoms with Crippen molar-refractivity contribution >= 4 is 11.8 Å². The van der Waals surface area contributed by atoms with Crippen molar-refractivity contribution in [2.45, 2.75) is 37.5 Å². The van der Waals surface area contributed by atoms with Gasteiger partial charge in [0.05, 0.1) is 6.61 Å². The molecule has 2 nitrogen and oxygen atoms in total. The largest absolute Gasteiger partial charge is 0.380 e. The van der Waals surface area contributed by atoms with Crippen molar-refractivity contribution < 1.29 is 4.74 Å². The highest BCUT2D eigenvalue weighted by Crippen LogP contribution is 2.27. The molecule has 2 unspecified atom stereocenters. The molecule has 12 heavy (non-hydrogen) atoms. The molecule has 0 spiro atoms. The summed E-state index contributed by atoms with van der Waals surface area (Å²) >= 11 is 2.00. The van der Waals surface area contributed by atoms with Gasteiger partial charge < -0.3 is 10.5 Å². The number of hydrogen-bond donors (Lipinski definition) is 1. The average molecular weight is 189 g/mol. The van der Waals surface area contributed by atoms with Crippen LogP contribution in [0.3, 0.4) is 0 Å². The summed E-state index contributed by atoms with van der Waals surface area (Å²) < 4.78 is 5.42. The lowest BCUT2D eigenvalue weighted by Crippen LogP contribution is -2.35. The van der Waals surface area contributed by atoms with Crippen LogP contribution >= 0.6 is 11.8 Å². The Hall–Kier alpha value is 0.270. The van der Waals surface area contributed by atoms with Crippen LogP contribution in [0.5, 0.6) is 0 Å². The van der Waals surface area contributed by atoms with Crippen LogP contribution in [0.2, 0.25) is 0 Å². The van der Waals surface area contributed by atoms with E-state index in [0.717, 1.165) is 19.6 Å². The second kappa shape index (κ2) is 5.84. The molecule has 0 radical (unpaired) electrons. The van der Waals surface area contributed by atoms with Crippen molar-refractivity contribution in [3.05, 3.63) is 0 Å². The molecule has 2 N–H and O–H groups in total. The molecule has 1 heterocycles. The summed E-state index contributed by atoms with van der Waals surface area (Å²) in [6, 6.07) is 0.254. The van der Waals surface area contributed by atoms with Crippen molar-refractivity contribution in [3.8, 4) is 0 Å². The maximum Gasteiger partial charge on any atom is 0.0628 e. The standard InChI is InChI=1S/C9H19NOS/c1-2-5-11-7-8(10)9-4-3-6-12-9/h8-9H,2-7,10H2,1H3. The molecule has 1 fully saturated rings. The minimum Gasteiger partial charge on any atom is -0.380 e. The van der Waals surface area contributed by atoms with Gasteiger partial charge in [0, 0.05) is 17.9 Å². The Morgan fingerprint density at radius 2 is 2.50 bits per heavy atom. The van der Waals surface area contributed by atoms with Crippen LogP contribution in [0.4, 0.5) is 0 Å². The highest BCUT2D eigenvalue weighted by Gasteiger charge is 2.22. The van der Waals surface area contributed by atoms with Crippen LogP contribution in [-0.2, 0) is 4.74 Å². The zero-order valence-electron chi connectivity index (χ0n) is 7.79. The maximum absolute atomic E-state index is 5.97. The van der Waals surface area contributed by atoms with Crippen LogP contribution in [-0.4, -0.2) is 30.3 Å². The van der Waals surface area contributed by atoms with E-state index < -0.39 is 0 Å². The lowest BCUT2D eigenvalue weighted by atomic mass is 10.1. The Morgan fingerprint density at radius 3 is 3.08 bits per heavy atom. The molecule has 2 atom stereocenters. The van der Waals surface area contributed by atoms with E-state index in [2.05, 4.69) is 6.92 Å². The lowest BCUT2D eigenvalue weighted by Gasteiger charge is -2.17. The minimum absolute atomic E-state index is 0.254. The number of hydrogen-bond acceptors (Lipinski definition) is 3. The summed E-state index contributed by atoms with van der Waals surface area (Å²) in [4.78, 5) is 0. The fourth-order valence-corrected chi connectivity index (χ4v) is 2.71. The first kappa shape index (κ1) is 10.4. The molecule has 3 heteroatoms. The molecule has 1 saturated heterocycles. The van der Waals surface area contributed by atoms with Crippen molar-refractivity contribution in [1.29, 1.82) is 0 Å². The quantitative estimate of drug-likeness (QED) is 0.668. The molecular weight excluding hydrogens is 170 g/mol. The third-order valence-electron chi connectivity index (χ3n) is 2.10. The summed E-state index contributed by atoms with van der Waals surface area (Å²) in [6.45, 7) is 3.71. The summed E-state index contributed by atoms with van der Waals surface area (Å²) in [5.41, 5.74) is 5.97. The average Bonchev–Trinajstić information content (AvgIpc) is 2.56. The zero-order chi connectivity index (χ0) is 8.81. The molecule has 0 aliphatic carbocycles. The van der Waals surface area contributed by atoms with E-state index >= 15 is 0 Å². The maximum atomic E-state index is 5.97. The topological polar surface area (TPSA) is 35.2 Å². The van der Waals surface area contributed by atoms with E-state index in [1.54, 1.807) is 0 Å². The number of nitrogens with two attached hydrogens (primary N) is 1. The fourth-order valence-electron chi connectivity index (χ4n) is 1.41. The van der Waals surface area contributed by atoms with Crippen molar-refractivity contribution in [2.75, 3.05) is 19.0 Å². The highest BCUT2D eigenvalue weighted by atomic mass is 32.2. The number of thioether (sulfide) groups is 1. The van der Waals surface area contributed by atoms with Gasteiger partial charge >= 0.3 is 0 Å². The van der Waals surface area contributed by atoms with Crippen LogP contribution in [0.1, 0.15) is 26.2 Å². The zero-order valence-corrected chi connectivity index (χ0v) is 8.61. The smallest absolute Gasteiger partial charge is 0.0628 e. The van der Waals surface area contributed by atoms with Gasteiger partial charge in [-0.15, -0.1) is 0 Å². The summed E-state index contributed by atoms with van der Waals surface area (Å²) in [7, 11) is 0. The SMILES string of the molecule is CCCOCC(N)C1CCCS1. The number of rotatable bonds is 5. The Balaban J connectivity index is 2.05. The molecule has 72 valence electrons. The van der Waals surface area contributed by atoms with Crippen LogP contribution in [0, 0.1) is 0 Å². The molecule has 0 amide bonds. The molecule has 1 rings (SSSR count). The van der Waals surface area contributed by atoms with Gasteiger partial charge in [0.2, 0.25) is 0 Å². The van der Waals surface area contributed by atoms with Gasteiger partial charge in [0.1, 0.15) is 0 Å². The van der Waals surface area contributed by atoms with Crippen molar-refractivity contribution in [1.82, 2.24) is 0 Å². The lowest BCUT2D eigenvalue weighted by molar-refractivity contribution is 0.120. The summed E-state index contributed by atoms with van der Waals surface area (Å²) in [5, 5.41) is 0.654. The Kier molecular flexibility index (Phi) is 5.04. The summed E-state index contributed by atoms with van der Waals surface area (Å²) in [6.07, 6.45) is 3.70.